The van der Waals surface area contributed by atoms with Crippen LogP contribution in [0.4, 0.5) is 0 Å². The molecule has 0 saturated heterocycles. The average Bonchev–Trinajstić information content (AvgIpc) is 3.55. The molecule has 4 rings (SSSR count). The summed E-state index contributed by atoms with van der Waals surface area (Å²) in [5.41, 5.74) is 0.520. The molecule has 0 aliphatic carbocycles. The van der Waals surface area contributed by atoms with Gasteiger partial charge >= 0.3 is 0 Å². The predicted octanol–water partition coefficient (Wildman–Crippen LogP) is 5.58. The van der Waals surface area contributed by atoms with Crippen molar-refractivity contribution in [3.63, 3.8) is 0 Å². The minimum absolute atomic E-state index is 0. The smallest absolute Gasteiger partial charge is 0.242 e. The maximum absolute atomic E-state index is 9.61. The van der Waals surface area contributed by atoms with E-state index >= 15 is 0 Å². The minimum Gasteiger partial charge on any atom is -0.507 e. The van der Waals surface area contributed by atoms with Crippen LogP contribution in [0.1, 0.15) is 20.9 Å². The predicted molar refractivity (Wildman–Crippen MR) is 138 cm³/mol. The molecule has 8 nitrogen and oxygen atoms in total. The number of phenols is 2. The molecule has 0 aliphatic heterocycles. The molecule has 4 N–H and O–H groups in total. The van der Waals surface area contributed by atoms with Gasteiger partial charge < -0.3 is 20.4 Å². The number of thiophene rings is 2. The molecule has 35 heavy (non-hydrogen) atoms. The first-order valence-electron chi connectivity index (χ1n) is 9.78. The Morgan fingerprint density at radius 2 is 1.00 bits per heavy atom. The van der Waals surface area contributed by atoms with Crippen molar-refractivity contribution < 1.29 is 36.9 Å². The largest absolute Gasteiger partial charge is 0.507 e. The first-order valence-corrected chi connectivity index (χ1v) is 11.5. The van der Waals surface area contributed by atoms with Gasteiger partial charge in [0.05, 0.1) is 23.6 Å². The third-order valence-corrected chi connectivity index (χ3v) is 5.66. The van der Waals surface area contributed by atoms with Crippen LogP contribution < -0.4 is 0 Å². The molecule has 2 aromatic heterocycles. The minimum atomic E-state index is -0.309. The number of rotatable bonds is 6. The fourth-order valence-corrected chi connectivity index (χ4v) is 3.60. The van der Waals surface area contributed by atoms with Gasteiger partial charge in [-0.25, -0.2) is 0 Å². The van der Waals surface area contributed by atoms with Gasteiger partial charge in [0.2, 0.25) is 11.8 Å². The molecule has 0 saturated carbocycles. The van der Waals surface area contributed by atoms with E-state index in [1.54, 1.807) is 48.8 Å². The van der Waals surface area contributed by atoms with E-state index in [-0.39, 0.29) is 50.9 Å². The van der Waals surface area contributed by atoms with Gasteiger partial charge in [-0.2, -0.15) is 10.2 Å². The summed E-state index contributed by atoms with van der Waals surface area (Å²) in [4.78, 5) is 1.89. The summed E-state index contributed by atoms with van der Waals surface area (Å²) in [6, 6.07) is 20.4. The Labute approximate surface area is 219 Å². The molecule has 182 valence electrons. The molecule has 0 bridgehead atoms. The van der Waals surface area contributed by atoms with Crippen LogP contribution in [0.2, 0.25) is 0 Å². The summed E-state index contributed by atoms with van der Waals surface area (Å²) in [7, 11) is 0. The van der Waals surface area contributed by atoms with Crippen LogP contribution in [0.25, 0.3) is 0 Å². The molecule has 2 aromatic carbocycles. The third kappa shape index (κ3) is 8.82. The van der Waals surface area contributed by atoms with E-state index in [0.29, 0.717) is 0 Å². The zero-order valence-corrected chi connectivity index (χ0v) is 20.6. The molecule has 0 unspecified atom stereocenters. The average molecular weight is 551 g/mol. The van der Waals surface area contributed by atoms with E-state index in [1.807, 2.05) is 35.0 Å². The molecule has 11 heteroatoms. The molecular weight excluding hydrogens is 531 g/mol. The van der Waals surface area contributed by atoms with E-state index < -0.39 is 0 Å². The SMILES string of the molecule is O/C(=N/N=C/c1cccs1)c1ccccc1O.O/C(=N/N=C/c1cccs1)c1ccccc1O.[Ni]. The summed E-state index contributed by atoms with van der Waals surface area (Å²) in [5, 5.41) is 56.7. The Balaban J connectivity index is 0.000000240. The van der Waals surface area contributed by atoms with Crippen LogP contribution in [0, 0.1) is 0 Å². The summed E-state index contributed by atoms with van der Waals surface area (Å²) < 4.78 is 0. The number of benzene rings is 2. The Morgan fingerprint density at radius 3 is 1.34 bits per heavy atom. The van der Waals surface area contributed by atoms with Crippen LogP contribution in [0.5, 0.6) is 11.5 Å². The zero-order chi connectivity index (χ0) is 24.2. The van der Waals surface area contributed by atoms with Crippen molar-refractivity contribution in [1.29, 1.82) is 0 Å². The second-order valence-electron chi connectivity index (χ2n) is 6.40. The number of aliphatic hydroxyl groups is 2. The van der Waals surface area contributed by atoms with Crippen molar-refractivity contribution in [2.45, 2.75) is 0 Å². The molecule has 4 aromatic rings. The van der Waals surface area contributed by atoms with Crippen molar-refractivity contribution in [1.82, 2.24) is 0 Å². The molecule has 0 aliphatic rings. The quantitative estimate of drug-likeness (QED) is 0.108. The van der Waals surface area contributed by atoms with Gasteiger partial charge in [-0.05, 0) is 47.2 Å². The van der Waals surface area contributed by atoms with Crippen LogP contribution >= 0.6 is 22.7 Å². The number of nitrogens with zero attached hydrogens (tertiary/aromatic N) is 4. The first kappa shape index (κ1) is 27.5. The van der Waals surface area contributed by atoms with Crippen molar-refractivity contribution >= 4 is 46.9 Å². The second-order valence-corrected chi connectivity index (χ2v) is 8.36. The molecule has 2 heterocycles. The van der Waals surface area contributed by atoms with Crippen LogP contribution in [-0.2, 0) is 16.5 Å². The van der Waals surface area contributed by atoms with Gasteiger partial charge in [-0.3, -0.25) is 0 Å². The van der Waals surface area contributed by atoms with E-state index in [2.05, 4.69) is 20.4 Å². The van der Waals surface area contributed by atoms with Gasteiger partial charge in [0.1, 0.15) is 11.5 Å². The monoisotopic (exact) mass is 550 g/mol. The van der Waals surface area contributed by atoms with Gasteiger partial charge in [-0.1, -0.05) is 36.4 Å². The summed E-state index contributed by atoms with van der Waals surface area (Å²) >= 11 is 3.05. The van der Waals surface area contributed by atoms with E-state index in [0.717, 1.165) is 9.75 Å². The van der Waals surface area contributed by atoms with Crippen LogP contribution in [0.3, 0.4) is 0 Å². The van der Waals surface area contributed by atoms with Gasteiger partial charge in [0.15, 0.2) is 0 Å². The second kappa shape index (κ2) is 14.5. The normalized spacial score (nSPS) is 11.8. The summed E-state index contributed by atoms with van der Waals surface area (Å²) in [6.45, 7) is 0. The number of aliphatic hydroxyl groups excluding tert-OH is 2. The standard InChI is InChI=1S/2C12H10N2O2S.Ni/c2*15-11-6-2-1-5-10(11)12(16)14-13-8-9-4-3-7-17-9;/h2*1-8,15H,(H,14,16);/b2*13-8+;. The fourth-order valence-electron chi connectivity index (χ4n) is 2.44. The van der Waals surface area contributed by atoms with Crippen molar-refractivity contribution in [2.75, 3.05) is 0 Å². The Morgan fingerprint density at radius 1 is 0.600 bits per heavy atom. The first-order chi connectivity index (χ1) is 16.5. The van der Waals surface area contributed by atoms with Gasteiger partial charge in [0.25, 0.3) is 0 Å². The Hall–Kier alpha value is -3.79. The van der Waals surface area contributed by atoms with Crippen LogP contribution in [0.15, 0.2) is 104 Å². The molecule has 0 amide bonds. The maximum atomic E-state index is 9.61. The Bertz CT molecular complexity index is 1200. The zero-order valence-electron chi connectivity index (χ0n) is 17.9. The van der Waals surface area contributed by atoms with Crippen molar-refractivity contribution in [2.24, 2.45) is 20.4 Å². The van der Waals surface area contributed by atoms with E-state index in [9.17, 15) is 20.4 Å². The number of aromatic hydroxyl groups is 2. The summed E-state index contributed by atoms with van der Waals surface area (Å²) in [6.07, 6.45) is 3.09. The fraction of sp³-hybridized carbons (Fsp3) is 0. The van der Waals surface area contributed by atoms with Gasteiger partial charge in [0, 0.05) is 26.2 Å². The number of para-hydroxylation sites is 2. The number of hydrogen-bond donors (Lipinski definition) is 4. The molecule has 0 fully saturated rings. The van der Waals surface area contributed by atoms with Gasteiger partial charge in [-0.15, -0.1) is 32.9 Å². The van der Waals surface area contributed by atoms with E-state index in [1.165, 1.54) is 34.8 Å². The molecule has 0 atom stereocenters. The summed E-state index contributed by atoms with van der Waals surface area (Å²) in [5.74, 6) is -0.674. The van der Waals surface area contributed by atoms with E-state index in [4.69, 9.17) is 0 Å². The molecule has 0 radical (unpaired) electrons. The van der Waals surface area contributed by atoms with Crippen molar-refractivity contribution in [3.8, 4) is 11.5 Å². The topological polar surface area (TPSA) is 130 Å². The third-order valence-electron chi connectivity index (χ3n) is 4.05. The molecular formula is C24H20N4NiO4S2. The maximum Gasteiger partial charge on any atom is 0.242 e. The van der Waals surface area contributed by atoms with Crippen LogP contribution in [-0.4, -0.2) is 44.7 Å². The molecule has 0 spiro atoms. The Kier molecular flexibility index (Phi) is 11.4. The number of hydrogen-bond acceptors (Lipinski definition) is 8. The number of phenolic OH excluding ortho intramolecular Hbond substituents is 2. The van der Waals surface area contributed by atoms with Crippen molar-refractivity contribution in [3.05, 3.63) is 104 Å².